The average molecular weight is 324 g/mol. The van der Waals surface area contributed by atoms with Crippen LogP contribution < -0.4 is 0 Å². The monoisotopic (exact) mass is 323 g/mol. The maximum atomic E-state index is 12.2. The van der Waals surface area contributed by atoms with Crippen molar-refractivity contribution in [2.75, 3.05) is 18.7 Å². The van der Waals surface area contributed by atoms with E-state index in [1.165, 1.54) is 4.31 Å². The van der Waals surface area contributed by atoms with Gasteiger partial charge in [-0.25, -0.2) is 8.42 Å². The molecule has 0 saturated carbocycles. The molecule has 1 rings (SSSR count). The maximum Gasteiger partial charge on any atom is 0.214 e. The molecule has 0 heterocycles. The van der Waals surface area contributed by atoms with E-state index in [9.17, 15) is 8.42 Å². The van der Waals surface area contributed by atoms with Crippen LogP contribution in [0.4, 0.5) is 0 Å². The molecule has 0 saturated heterocycles. The van der Waals surface area contributed by atoms with Crippen molar-refractivity contribution in [3.05, 3.63) is 34.9 Å². The molecule has 108 valence electrons. The van der Waals surface area contributed by atoms with Gasteiger partial charge in [-0.05, 0) is 30.5 Å². The molecule has 1 aromatic carbocycles. The molecule has 2 unspecified atom stereocenters. The largest absolute Gasteiger partial charge is 0.214 e. The summed E-state index contributed by atoms with van der Waals surface area (Å²) in [7, 11) is -1.74. The second-order valence-corrected chi connectivity index (χ2v) is 7.60. The molecule has 0 fully saturated rings. The molecule has 0 aliphatic rings. The maximum absolute atomic E-state index is 12.2. The third-order valence-corrected chi connectivity index (χ3v) is 6.02. The number of alkyl halides is 1. The van der Waals surface area contributed by atoms with Gasteiger partial charge in [-0.3, -0.25) is 0 Å². The first kappa shape index (κ1) is 16.8. The predicted octanol–water partition coefficient (Wildman–Crippen LogP) is 3.54. The minimum Gasteiger partial charge on any atom is -0.212 e. The summed E-state index contributed by atoms with van der Waals surface area (Å²) in [5.74, 6) is 0.317. The van der Waals surface area contributed by atoms with Gasteiger partial charge in [0.15, 0.2) is 0 Å². The fraction of sp³-hybridized carbons (Fsp3) is 0.538. The Morgan fingerprint density at radius 1 is 1.32 bits per heavy atom. The first-order chi connectivity index (χ1) is 8.77. The lowest BCUT2D eigenvalue weighted by molar-refractivity contribution is 0.395. The van der Waals surface area contributed by atoms with Gasteiger partial charge in [0, 0.05) is 24.0 Å². The van der Waals surface area contributed by atoms with Crippen molar-refractivity contribution < 1.29 is 8.42 Å². The number of nitrogens with zero attached hydrogens (tertiary/aromatic N) is 1. The summed E-state index contributed by atoms with van der Waals surface area (Å²) in [6, 6.07) is 6.97. The molecule has 0 N–H and O–H groups in total. The van der Waals surface area contributed by atoms with Crippen molar-refractivity contribution in [1.82, 2.24) is 4.31 Å². The van der Waals surface area contributed by atoms with E-state index in [0.29, 0.717) is 10.9 Å². The Hall–Kier alpha value is -0.290. The smallest absolute Gasteiger partial charge is 0.212 e. The SMILES string of the molecule is CC(CCl)CS(=O)(=O)N(C)C(C)c1cccc(Cl)c1. The zero-order valence-corrected chi connectivity index (χ0v) is 13.6. The highest BCUT2D eigenvalue weighted by molar-refractivity contribution is 7.89. The fourth-order valence-corrected chi connectivity index (χ4v) is 3.85. The topological polar surface area (TPSA) is 37.4 Å². The van der Waals surface area contributed by atoms with Crippen LogP contribution in [0.3, 0.4) is 0 Å². The fourth-order valence-electron chi connectivity index (χ4n) is 1.74. The second-order valence-electron chi connectivity index (χ2n) is 4.79. The number of halogens is 2. The van der Waals surface area contributed by atoms with E-state index >= 15 is 0 Å². The van der Waals surface area contributed by atoms with Crippen molar-refractivity contribution in [1.29, 1.82) is 0 Å². The van der Waals surface area contributed by atoms with Crippen LogP contribution in [0.2, 0.25) is 5.02 Å². The number of sulfonamides is 1. The average Bonchev–Trinajstić information content (AvgIpc) is 2.36. The zero-order chi connectivity index (χ0) is 14.6. The van der Waals surface area contributed by atoms with E-state index in [1.54, 1.807) is 19.2 Å². The molecule has 2 atom stereocenters. The summed E-state index contributed by atoms with van der Waals surface area (Å²) in [6.45, 7) is 3.66. The highest BCUT2D eigenvalue weighted by atomic mass is 35.5. The van der Waals surface area contributed by atoms with Crippen molar-refractivity contribution in [2.24, 2.45) is 5.92 Å². The molecule has 0 aromatic heterocycles. The van der Waals surface area contributed by atoms with Crippen LogP contribution in [-0.2, 0) is 10.0 Å². The van der Waals surface area contributed by atoms with Crippen LogP contribution in [0, 0.1) is 5.92 Å². The van der Waals surface area contributed by atoms with Crippen LogP contribution in [-0.4, -0.2) is 31.4 Å². The summed E-state index contributed by atoms with van der Waals surface area (Å²) in [5.41, 5.74) is 0.872. The van der Waals surface area contributed by atoms with E-state index < -0.39 is 10.0 Å². The zero-order valence-electron chi connectivity index (χ0n) is 11.3. The molecule has 3 nitrogen and oxygen atoms in total. The van der Waals surface area contributed by atoms with Gasteiger partial charge in [-0.15, -0.1) is 11.6 Å². The van der Waals surface area contributed by atoms with E-state index in [4.69, 9.17) is 23.2 Å². The molecule has 6 heteroatoms. The third-order valence-electron chi connectivity index (χ3n) is 3.07. The Balaban J connectivity index is 2.90. The van der Waals surface area contributed by atoms with Crippen molar-refractivity contribution in [3.8, 4) is 0 Å². The van der Waals surface area contributed by atoms with E-state index in [2.05, 4.69) is 0 Å². The summed E-state index contributed by atoms with van der Waals surface area (Å²) < 4.78 is 25.8. The van der Waals surface area contributed by atoms with Gasteiger partial charge in [0.2, 0.25) is 10.0 Å². The first-order valence-corrected chi connectivity index (χ1v) is 8.57. The highest BCUT2D eigenvalue weighted by Crippen LogP contribution is 2.24. The lowest BCUT2D eigenvalue weighted by Crippen LogP contribution is -2.34. The molecule has 0 aliphatic heterocycles. The quantitative estimate of drug-likeness (QED) is 0.751. The minimum atomic E-state index is -3.33. The lowest BCUT2D eigenvalue weighted by Gasteiger charge is -2.25. The predicted molar refractivity (Wildman–Crippen MR) is 81.3 cm³/mol. The second kappa shape index (κ2) is 6.93. The summed E-state index contributed by atoms with van der Waals surface area (Å²) in [6.07, 6.45) is 0. The van der Waals surface area contributed by atoms with Crippen LogP contribution in [0.15, 0.2) is 24.3 Å². The van der Waals surface area contributed by atoms with E-state index in [0.717, 1.165) is 5.56 Å². The van der Waals surface area contributed by atoms with Gasteiger partial charge in [0.25, 0.3) is 0 Å². The van der Waals surface area contributed by atoms with Crippen molar-refractivity contribution in [2.45, 2.75) is 19.9 Å². The standard InChI is InChI=1S/C13H19Cl2NO2S/c1-10(8-14)9-19(17,18)16(3)11(2)12-5-4-6-13(15)7-12/h4-7,10-11H,8-9H2,1-3H3. The van der Waals surface area contributed by atoms with Gasteiger partial charge >= 0.3 is 0 Å². The van der Waals surface area contributed by atoms with Crippen molar-refractivity contribution in [3.63, 3.8) is 0 Å². The number of benzene rings is 1. The Bertz CT molecular complexity index is 519. The molecule has 0 amide bonds. The Labute approximate surface area is 125 Å². The first-order valence-electron chi connectivity index (χ1n) is 6.05. The summed E-state index contributed by atoms with van der Waals surface area (Å²) >= 11 is 11.6. The van der Waals surface area contributed by atoms with Crippen LogP contribution in [0.5, 0.6) is 0 Å². The third kappa shape index (κ3) is 4.63. The highest BCUT2D eigenvalue weighted by Gasteiger charge is 2.26. The van der Waals surface area contributed by atoms with Gasteiger partial charge in [-0.2, -0.15) is 4.31 Å². The Morgan fingerprint density at radius 2 is 1.95 bits per heavy atom. The molecule has 0 bridgehead atoms. The molecule has 19 heavy (non-hydrogen) atoms. The van der Waals surface area contributed by atoms with Crippen LogP contribution in [0.1, 0.15) is 25.5 Å². The van der Waals surface area contributed by atoms with Gasteiger partial charge in [-0.1, -0.05) is 30.7 Å². The van der Waals surface area contributed by atoms with Crippen LogP contribution in [0.25, 0.3) is 0 Å². The van der Waals surface area contributed by atoms with E-state index in [-0.39, 0.29) is 17.7 Å². The number of hydrogen-bond acceptors (Lipinski definition) is 2. The normalized spacial score (nSPS) is 15.5. The molecular weight excluding hydrogens is 305 g/mol. The minimum absolute atomic E-state index is 0.0535. The summed E-state index contributed by atoms with van der Waals surface area (Å²) in [5, 5.41) is 0.601. The molecule has 0 spiro atoms. The van der Waals surface area contributed by atoms with Gasteiger partial charge in [0.1, 0.15) is 0 Å². The van der Waals surface area contributed by atoms with Crippen molar-refractivity contribution >= 4 is 33.2 Å². The molecule has 0 aliphatic carbocycles. The van der Waals surface area contributed by atoms with Gasteiger partial charge in [0.05, 0.1) is 5.75 Å². The number of hydrogen-bond donors (Lipinski definition) is 0. The number of rotatable bonds is 6. The van der Waals surface area contributed by atoms with Gasteiger partial charge < -0.3 is 0 Å². The molecule has 0 radical (unpaired) electrons. The molecule has 1 aromatic rings. The van der Waals surface area contributed by atoms with Crippen LogP contribution >= 0.6 is 23.2 Å². The summed E-state index contributed by atoms with van der Waals surface area (Å²) in [4.78, 5) is 0. The van der Waals surface area contributed by atoms with E-state index in [1.807, 2.05) is 26.0 Å². The Kier molecular flexibility index (Phi) is 6.12. The Morgan fingerprint density at radius 3 is 2.47 bits per heavy atom. The lowest BCUT2D eigenvalue weighted by atomic mass is 10.1. The molecular formula is C13H19Cl2NO2S.